The topological polar surface area (TPSA) is 59.1 Å². The van der Waals surface area contributed by atoms with Gasteiger partial charge in [0.2, 0.25) is 5.78 Å². The van der Waals surface area contributed by atoms with E-state index in [2.05, 4.69) is 47.6 Å². The zero-order valence-electron chi connectivity index (χ0n) is 10.8. The van der Waals surface area contributed by atoms with Crippen LogP contribution in [-0.4, -0.2) is 20.9 Å². The Balaban J connectivity index is 2.25. The second-order valence-electron chi connectivity index (χ2n) is 4.99. The minimum atomic E-state index is 0.483. The van der Waals surface area contributed by atoms with Gasteiger partial charge in [-0.1, -0.05) is 26.0 Å². The molecule has 3 aromatic rings. The molecule has 4 nitrogen and oxygen atoms in total. The molecule has 2 aromatic heterocycles. The van der Waals surface area contributed by atoms with Crippen LogP contribution in [0.1, 0.15) is 31.0 Å². The maximum absolute atomic E-state index is 5.58. The van der Waals surface area contributed by atoms with Crippen molar-refractivity contribution in [2.45, 2.75) is 26.2 Å². The molecule has 18 heavy (non-hydrogen) atoms. The Bertz CT molecular complexity index is 690. The number of aromatic nitrogens is 3. The highest BCUT2D eigenvalue weighted by Gasteiger charge is 2.12. The van der Waals surface area contributed by atoms with E-state index in [9.17, 15) is 0 Å². The van der Waals surface area contributed by atoms with Gasteiger partial charge in [0.05, 0.1) is 11.0 Å². The summed E-state index contributed by atoms with van der Waals surface area (Å²) < 4.78 is 2.12. The molecule has 0 unspecified atom stereocenters. The molecule has 0 atom stereocenters. The van der Waals surface area contributed by atoms with Crippen LogP contribution in [0.2, 0.25) is 0 Å². The average Bonchev–Trinajstić information content (AvgIpc) is 2.85. The van der Waals surface area contributed by atoms with Crippen molar-refractivity contribution in [3.05, 3.63) is 35.7 Å². The number of imidazole rings is 2. The molecule has 0 saturated carbocycles. The van der Waals surface area contributed by atoms with Crippen molar-refractivity contribution in [3.8, 4) is 0 Å². The van der Waals surface area contributed by atoms with Crippen molar-refractivity contribution < 1.29 is 0 Å². The predicted molar refractivity (Wildman–Crippen MR) is 73.9 cm³/mol. The summed E-state index contributed by atoms with van der Waals surface area (Å²) in [5, 5.41) is 0. The largest absolute Gasteiger partial charge is 0.330 e. The summed E-state index contributed by atoms with van der Waals surface area (Å²) in [4.78, 5) is 8.03. The minimum Gasteiger partial charge on any atom is -0.330 e. The highest BCUT2D eigenvalue weighted by Crippen LogP contribution is 2.25. The lowest BCUT2D eigenvalue weighted by Crippen LogP contribution is -2.02. The van der Waals surface area contributed by atoms with Gasteiger partial charge in [0.1, 0.15) is 0 Å². The van der Waals surface area contributed by atoms with Gasteiger partial charge in [-0.15, -0.1) is 0 Å². The van der Waals surface area contributed by atoms with E-state index in [4.69, 9.17) is 10.7 Å². The highest BCUT2D eigenvalue weighted by atomic mass is 15.1. The summed E-state index contributed by atoms with van der Waals surface area (Å²) in [5.74, 6) is 1.39. The van der Waals surface area contributed by atoms with Gasteiger partial charge >= 0.3 is 0 Å². The van der Waals surface area contributed by atoms with Gasteiger partial charge in [-0.3, -0.25) is 4.40 Å². The maximum atomic E-state index is 5.58. The number of fused-ring (bicyclic) bond motifs is 3. The van der Waals surface area contributed by atoms with Gasteiger partial charge in [-0.25, -0.2) is 4.98 Å². The van der Waals surface area contributed by atoms with E-state index in [0.717, 1.165) is 28.9 Å². The molecule has 0 aliphatic rings. The first-order chi connectivity index (χ1) is 8.70. The molecule has 4 heteroatoms. The van der Waals surface area contributed by atoms with Crippen LogP contribution in [0.5, 0.6) is 0 Å². The Morgan fingerprint density at radius 2 is 2.22 bits per heavy atom. The molecule has 0 radical (unpaired) electrons. The van der Waals surface area contributed by atoms with Gasteiger partial charge < -0.3 is 10.7 Å². The number of hydrogen-bond donors (Lipinski definition) is 2. The maximum Gasteiger partial charge on any atom is 0.212 e. The number of benzene rings is 1. The van der Waals surface area contributed by atoms with Crippen molar-refractivity contribution in [3.63, 3.8) is 0 Å². The van der Waals surface area contributed by atoms with Gasteiger partial charge in [0, 0.05) is 18.3 Å². The third-order valence-electron chi connectivity index (χ3n) is 3.34. The molecular formula is C14H18N4. The number of para-hydroxylation sites is 1. The molecule has 0 saturated heterocycles. The predicted octanol–water partition coefficient (Wildman–Crippen LogP) is 2.44. The fraction of sp³-hybridized carbons (Fsp3) is 0.357. The summed E-state index contributed by atoms with van der Waals surface area (Å²) in [5.41, 5.74) is 10.3. The molecule has 1 aromatic carbocycles. The number of aromatic amines is 1. The van der Waals surface area contributed by atoms with Crippen LogP contribution in [0.3, 0.4) is 0 Å². The number of H-pyrrole nitrogens is 1. The standard InChI is InChI=1S/C14H18N4/c1-9(2)11-4-3-5-12-13(11)17-14-16-10(6-7-15)8-18(12)14/h3-5,8-9H,6-7,15H2,1-2H3,(H,16,17). The molecule has 0 fully saturated rings. The van der Waals surface area contributed by atoms with Crippen LogP contribution < -0.4 is 5.73 Å². The summed E-state index contributed by atoms with van der Waals surface area (Å²) >= 11 is 0. The average molecular weight is 242 g/mol. The van der Waals surface area contributed by atoms with Gasteiger partial charge in [0.15, 0.2) is 0 Å². The van der Waals surface area contributed by atoms with E-state index >= 15 is 0 Å². The van der Waals surface area contributed by atoms with Gasteiger partial charge in [0.25, 0.3) is 0 Å². The minimum absolute atomic E-state index is 0.483. The van der Waals surface area contributed by atoms with Crippen LogP contribution in [-0.2, 0) is 6.42 Å². The van der Waals surface area contributed by atoms with Crippen molar-refractivity contribution in [2.75, 3.05) is 6.54 Å². The second kappa shape index (κ2) is 4.14. The molecule has 0 aliphatic carbocycles. The Hall–Kier alpha value is -1.81. The zero-order valence-corrected chi connectivity index (χ0v) is 10.8. The van der Waals surface area contributed by atoms with E-state index < -0.39 is 0 Å². The Kier molecular flexibility index (Phi) is 2.59. The molecule has 94 valence electrons. The first-order valence-corrected chi connectivity index (χ1v) is 6.39. The van der Waals surface area contributed by atoms with Crippen molar-refractivity contribution in [1.82, 2.24) is 14.4 Å². The summed E-state index contributed by atoms with van der Waals surface area (Å²) in [6.07, 6.45) is 2.95. The van der Waals surface area contributed by atoms with Crippen LogP contribution in [0.25, 0.3) is 16.8 Å². The fourth-order valence-corrected chi connectivity index (χ4v) is 2.44. The summed E-state index contributed by atoms with van der Waals surface area (Å²) in [6, 6.07) is 6.36. The summed E-state index contributed by atoms with van der Waals surface area (Å²) in [6.45, 7) is 5.05. The van der Waals surface area contributed by atoms with Crippen molar-refractivity contribution >= 4 is 16.8 Å². The number of nitrogens with zero attached hydrogens (tertiary/aromatic N) is 2. The van der Waals surface area contributed by atoms with Crippen LogP contribution in [0, 0.1) is 0 Å². The lowest BCUT2D eigenvalue weighted by atomic mass is 10.0. The van der Waals surface area contributed by atoms with Crippen LogP contribution >= 0.6 is 0 Å². The normalized spacial score (nSPS) is 12.0. The lowest BCUT2D eigenvalue weighted by molar-refractivity contribution is 0.873. The van der Waals surface area contributed by atoms with E-state index in [-0.39, 0.29) is 0 Å². The second-order valence-corrected chi connectivity index (χ2v) is 4.99. The molecule has 0 amide bonds. The number of nitrogens with two attached hydrogens (primary N) is 1. The molecule has 3 rings (SSSR count). The van der Waals surface area contributed by atoms with E-state index in [1.54, 1.807) is 0 Å². The van der Waals surface area contributed by atoms with E-state index in [1.807, 2.05) is 0 Å². The van der Waals surface area contributed by atoms with Crippen molar-refractivity contribution in [2.24, 2.45) is 5.73 Å². The number of hydrogen-bond acceptors (Lipinski definition) is 2. The Morgan fingerprint density at radius 3 is 2.94 bits per heavy atom. The first kappa shape index (κ1) is 11.3. The molecule has 2 heterocycles. The van der Waals surface area contributed by atoms with Crippen molar-refractivity contribution in [1.29, 1.82) is 0 Å². The van der Waals surface area contributed by atoms with Gasteiger partial charge in [-0.05, 0) is 24.1 Å². The highest BCUT2D eigenvalue weighted by molar-refractivity contribution is 5.83. The Labute approximate surface area is 106 Å². The summed E-state index contributed by atoms with van der Waals surface area (Å²) in [7, 11) is 0. The van der Waals surface area contributed by atoms with Crippen LogP contribution in [0.4, 0.5) is 0 Å². The number of rotatable bonds is 3. The lowest BCUT2D eigenvalue weighted by Gasteiger charge is -2.05. The Morgan fingerprint density at radius 1 is 1.39 bits per heavy atom. The third kappa shape index (κ3) is 1.61. The monoisotopic (exact) mass is 242 g/mol. The quantitative estimate of drug-likeness (QED) is 0.741. The van der Waals surface area contributed by atoms with E-state index in [0.29, 0.717) is 12.5 Å². The molecule has 0 spiro atoms. The molecule has 3 N–H and O–H groups in total. The number of nitrogens with one attached hydrogen (secondary N) is 1. The van der Waals surface area contributed by atoms with E-state index in [1.165, 1.54) is 5.56 Å². The van der Waals surface area contributed by atoms with Crippen LogP contribution in [0.15, 0.2) is 24.4 Å². The SMILES string of the molecule is CC(C)c1cccc2c1nc1[nH]c(CCN)cn12. The smallest absolute Gasteiger partial charge is 0.212 e. The van der Waals surface area contributed by atoms with Gasteiger partial charge in [-0.2, -0.15) is 0 Å². The first-order valence-electron chi connectivity index (χ1n) is 6.39. The third-order valence-corrected chi connectivity index (χ3v) is 3.34. The molecule has 0 aliphatic heterocycles. The zero-order chi connectivity index (χ0) is 12.7. The molecule has 0 bridgehead atoms. The molecular weight excluding hydrogens is 224 g/mol. The fourth-order valence-electron chi connectivity index (χ4n) is 2.44.